The van der Waals surface area contributed by atoms with Crippen molar-refractivity contribution >= 4 is 44.9 Å². The summed E-state index contributed by atoms with van der Waals surface area (Å²) in [6.07, 6.45) is 1.99. The van der Waals surface area contributed by atoms with Gasteiger partial charge in [0, 0.05) is 10.6 Å². The summed E-state index contributed by atoms with van der Waals surface area (Å²) in [7, 11) is 1.57. The number of ether oxygens (including phenoxy) is 1. The first-order chi connectivity index (χ1) is 11.1. The number of nitrogens with one attached hydrogen (secondary N) is 1. The van der Waals surface area contributed by atoms with Crippen LogP contribution in [0.5, 0.6) is 5.75 Å². The maximum absolute atomic E-state index is 12.5. The molecule has 6 heteroatoms. The Kier molecular flexibility index (Phi) is 4.54. The highest BCUT2D eigenvalue weighted by Gasteiger charge is 2.13. The van der Waals surface area contributed by atoms with E-state index in [1.165, 1.54) is 0 Å². The highest BCUT2D eigenvalue weighted by Crippen LogP contribution is 2.28. The second-order valence-electron chi connectivity index (χ2n) is 4.94. The van der Waals surface area contributed by atoms with Gasteiger partial charge in [-0.05, 0) is 49.6 Å². The van der Waals surface area contributed by atoms with E-state index in [1.54, 1.807) is 36.3 Å². The normalized spacial score (nSPS) is 10.7. The number of aryl methyl sites for hydroxylation is 1. The third-order valence-electron chi connectivity index (χ3n) is 3.41. The molecule has 1 heterocycles. The second-order valence-corrected chi connectivity index (χ2v) is 7.05. The number of benzene rings is 2. The minimum Gasteiger partial charge on any atom is -0.496 e. The van der Waals surface area contributed by atoms with Gasteiger partial charge in [-0.1, -0.05) is 0 Å². The molecule has 0 bridgehead atoms. The van der Waals surface area contributed by atoms with Crippen molar-refractivity contribution in [1.82, 2.24) is 4.98 Å². The minimum absolute atomic E-state index is 0.185. The number of anilines is 1. The molecule has 23 heavy (non-hydrogen) atoms. The lowest BCUT2D eigenvalue weighted by Gasteiger charge is -2.10. The highest BCUT2D eigenvalue weighted by molar-refractivity contribution is 7.98. The van der Waals surface area contributed by atoms with Crippen molar-refractivity contribution in [2.24, 2.45) is 0 Å². The monoisotopic (exact) mass is 344 g/mol. The summed E-state index contributed by atoms with van der Waals surface area (Å²) in [5.41, 5.74) is 2.22. The average molecular weight is 344 g/mol. The van der Waals surface area contributed by atoms with Crippen LogP contribution >= 0.6 is 23.1 Å². The number of methoxy groups -OCH3 is 1. The number of fused-ring (bicyclic) bond motifs is 1. The van der Waals surface area contributed by atoms with E-state index in [-0.39, 0.29) is 5.91 Å². The molecule has 118 valence electrons. The summed E-state index contributed by atoms with van der Waals surface area (Å²) in [5, 5.41) is 3.94. The zero-order valence-electron chi connectivity index (χ0n) is 13.0. The average Bonchev–Trinajstić information content (AvgIpc) is 2.93. The molecule has 0 aliphatic rings. The third kappa shape index (κ3) is 3.33. The molecule has 1 aromatic heterocycles. The van der Waals surface area contributed by atoms with E-state index in [0.717, 1.165) is 25.8 Å². The van der Waals surface area contributed by atoms with Crippen molar-refractivity contribution in [3.63, 3.8) is 0 Å². The van der Waals surface area contributed by atoms with Gasteiger partial charge in [-0.3, -0.25) is 4.79 Å². The molecule has 0 fully saturated rings. The van der Waals surface area contributed by atoms with Crippen molar-refractivity contribution in [3.05, 3.63) is 47.0 Å². The van der Waals surface area contributed by atoms with E-state index in [9.17, 15) is 4.79 Å². The molecule has 1 amide bonds. The fraction of sp³-hybridized carbons (Fsp3) is 0.176. The first-order valence-corrected chi connectivity index (χ1v) is 9.05. The van der Waals surface area contributed by atoms with Crippen LogP contribution in [0.2, 0.25) is 0 Å². The predicted molar refractivity (Wildman–Crippen MR) is 97.1 cm³/mol. The molecular weight excluding hydrogens is 328 g/mol. The summed E-state index contributed by atoms with van der Waals surface area (Å²) >= 11 is 3.22. The maximum atomic E-state index is 12.5. The number of hydrogen-bond acceptors (Lipinski definition) is 5. The summed E-state index contributed by atoms with van der Waals surface area (Å²) in [6, 6.07) is 11.3. The first kappa shape index (κ1) is 15.8. The third-order valence-corrected chi connectivity index (χ3v) is 5.07. The van der Waals surface area contributed by atoms with Gasteiger partial charge in [0.25, 0.3) is 5.91 Å². The summed E-state index contributed by atoms with van der Waals surface area (Å²) in [6.45, 7) is 1.97. The van der Waals surface area contributed by atoms with Crippen LogP contribution in [-0.4, -0.2) is 24.3 Å². The van der Waals surface area contributed by atoms with Gasteiger partial charge in [0.15, 0.2) is 0 Å². The standard InChI is InChI=1S/C17H16N2O2S2/c1-10-18-14-7-4-11(8-16(14)23-10)19-17(20)13-6-5-12(22-3)9-15(13)21-2/h4-9H,1-3H3,(H,19,20). The number of aromatic nitrogens is 1. The zero-order valence-corrected chi connectivity index (χ0v) is 14.7. The van der Waals surface area contributed by atoms with E-state index in [4.69, 9.17) is 4.74 Å². The Labute approximate surface area is 142 Å². The first-order valence-electron chi connectivity index (χ1n) is 7.01. The lowest BCUT2D eigenvalue weighted by Crippen LogP contribution is -2.13. The van der Waals surface area contributed by atoms with Crippen LogP contribution in [-0.2, 0) is 0 Å². The van der Waals surface area contributed by atoms with Crippen molar-refractivity contribution in [2.75, 3.05) is 18.7 Å². The number of rotatable bonds is 4. The summed E-state index contributed by atoms with van der Waals surface area (Å²) in [4.78, 5) is 18.0. The van der Waals surface area contributed by atoms with Gasteiger partial charge in [0.2, 0.25) is 0 Å². The van der Waals surface area contributed by atoms with Crippen LogP contribution in [0.25, 0.3) is 10.2 Å². The minimum atomic E-state index is -0.185. The largest absolute Gasteiger partial charge is 0.496 e. The van der Waals surface area contributed by atoms with Crippen molar-refractivity contribution in [3.8, 4) is 5.75 Å². The van der Waals surface area contributed by atoms with Crippen LogP contribution in [0.1, 0.15) is 15.4 Å². The fourth-order valence-corrected chi connectivity index (χ4v) is 3.60. The van der Waals surface area contributed by atoms with Gasteiger partial charge in [-0.15, -0.1) is 23.1 Å². The SMILES string of the molecule is COc1cc(SC)ccc1C(=O)Nc1ccc2nc(C)sc2c1. The summed E-state index contributed by atoms with van der Waals surface area (Å²) < 4.78 is 6.40. The zero-order chi connectivity index (χ0) is 16.4. The molecule has 0 saturated carbocycles. The lowest BCUT2D eigenvalue weighted by atomic mass is 10.2. The van der Waals surface area contributed by atoms with Crippen LogP contribution in [0.4, 0.5) is 5.69 Å². The van der Waals surface area contributed by atoms with Gasteiger partial charge in [-0.25, -0.2) is 4.98 Å². The van der Waals surface area contributed by atoms with Crippen molar-refractivity contribution in [2.45, 2.75) is 11.8 Å². The Morgan fingerprint density at radius 2 is 2.09 bits per heavy atom. The van der Waals surface area contributed by atoms with E-state index in [0.29, 0.717) is 11.3 Å². The number of thioether (sulfide) groups is 1. The Hall–Kier alpha value is -2.05. The van der Waals surface area contributed by atoms with Gasteiger partial charge < -0.3 is 10.1 Å². The predicted octanol–water partition coefficient (Wildman–Crippen LogP) is 4.59. The number of carbonyl (C=O) groups excluding carboxylic acids is 1. The number of carbonyl (C=O) groups is 1. The molecule has 0 atom stereocenters. The van der Waals surface area contributed by atoms with Crippen LogP contribution in [0.3, 0.4) is 0 Å². The topological polar surface area (TPSA) is 51.2 Å². The fourth-order valence-electron chi connectivity index (χ4n) is 2.30. The molecular formula is C17H16N2O2S2. The molecule has 0 spiro atoms. The maximum Gasteiger partial charge on any atom is 0.259 e. The van der Waals surface area contributed by atoms with E-state index >= 15 is 0 Å². The van der Waals surface area contributed by atoms with E-state index < -0.39 is 0 Å². The molecule has 4 nitrogen and oxygen atoms in total. The molecule has 3 rings (SSSR count). The summed E-state index contributed by atoms with van der Waals surface area (Å²) in [5.74, 6) is 0.388. The van der Waals surface area contributed by atoms with Crippen LogP contribution in [0.15, 0.2) is 41.3 Å². The van der Waals surface area contributed by atoms with Gasteiger partial charge in [0.1, 0.15) is 5.75 Å². The number of amides is 1. The van der Waals surface area contributed by atoms with Crippen molar-refractivity contribution in [1.29, 1.82) is 0 Å². The molecule has 0 aliphatic heterocycles. The number of nitrogens with zero attached hydrogens (tertiary/aromatic N) is 1. The quantitative estimate of drug-likeness (QED) is 0.704. The van der Waals surface area contributed by atoms with Gasteiger partial charge in [0.05, 0.1) is 27.9 Å². The Morgan fingerprint density at radius 3 is 2.83 bits per heavy atom. The molecule has 0 aliphatic carbocycles. The van der Waals surface area contributed by atoms with Gasteiger partial charge >= 0.3 is 0 Å². The molecule has 3 aromatic rings. The Morgan fingerprint density at radius 1 is 1.26 bits per heavy atom. The molecule has 2 aromatic carbocycles. The second kappa shape index (κ2) is 6.60. The Balaban J connectivity index is 1.87. The van der Waals surface area contributed by atoms with E-state index in [2.05, 4.69) is 10.3 Å². The van der Waals surface area contributed by atoms with E-state index in [1.807, 2.05) is 43.5 Å². The lowest BCUT2D eigenvalue weighted by molar-refractivity contribution is 0.102. The van der Waals surface area contributed by atoms with Crippen LogP contribution in [0, 0.1) is 6.92 Å². The molecule has 0 unspecified atom stereocenters. The number of hydrogen-bond donors (Lipinski definition) is 1. The number of thiazole rings is 1. The molecule has 0 saturated heterocycles. The highest BCUT2D eigenvalue weighted by atomic mass is 32.2. The van der Waals surface area contributed by atoms with Crippen LogP contribution < -0.4 is 10.1 Å². The van der Waals surface area contributed by atoms with Gasteiger partial charge in [-0.2, -0.15) is 0 Å². The smallest absolute Gasteiger partial charge is 0.259 e. The van der Waals surface area contributed by atoms with Crippen molar-refractivity contribution < 1.29 is 9.53 Å². The Bertz CT molecular complexity index is 874. The molecule has 1 N–H and O–H groups in total. The molecule has 0 radical (unpaired) electrons.